The molecule has 3 aliphatic heterocycles. The molecule has 3 rings (SSSR count). The second kappa shape index (κ2) is 10.1. The number of hydrogen-bond acceptors (Lipinski definition) is 14. The highest BCUT2D eigenvalue weighted by Gasteiger charge is 2.53. The zero-order valence-electron chi connectivity index (χ0n) is 16.6. The number of rotatable bonds is 6. The Hall–Kier alpha value is -0.560. The van der Waals surface area contributed by atoms with Gasteiger partial charge in [-0.05, 0) is 6.92 Å². The van der Waals surface area contributed by atoms with Gasteiger partial charge in [-0.2, -0.15) is 0 Å². The van der Waals surface area contributed by atoms with Gasteiger partial charge in [0.25, 0.3) is 0 Å². The van der Waals surface area contributed by atoms with Gasteiger partial charge in [-0.25, -0.2) is 0 Å². The number of ether oxygens (including phenoxy) is 5. The second-order valence-corrected chi connectivity index (χ2v) is 7.83. The van der Waals surface area contributed by atoms with E-state index in [2.05, 4.69) is 0 Å². The Bertz CT molecular complexity index is 581. The van der Waals surface area contributed by atoms with Gasteiger partial charge in [0.05, 0.1) is 19.3 Å². The summed E-state index contributed by atoms with van der Waals surface area (Å²) in [5.74, 6) is 0. The summed E-state index contributed by atoms with van der Waals surface area (Å²) in [4.78, 5) is 0. The molecule has 0 radical (unpaired) electrons. The first-order chi connectivity index (χ1) is 14.6. The van der Waals surface area contributed by atoms with Gasteiger partial charge in [0, 0.05) is 0 Å². The van der Waals surface area contributed by atoms with Crippen molar-refractivity contribution in [2.75, 3.05) is 13.2 Å². The molecule has 31 heavy (non-hydrogen) atoms. The molecule has 9 N–H and O–H groups in total. The highest BCUT2D eigenvalue weighted by molar-refractivity contribution is 4.95. The Labute approximate surface area is 176 Å². The van der Waals surface area contributed by atoms with Crippen molar-refractivity contribution in [2.24, 2.45) is 0 Å². The van der Waals surface area contributed by atoms with Crippen molar-refractivity contribution in [1.29, 1.82) is 0 Å². The van der Waals surface area contributed by atoms with E-state index >= 15 is 0 Å². The molecule has 0 aromatic heterocycles. The smallest absolute Gasteiger partial charge is 0.187 e. The van der Waals surface area contributed by atoms with E-state index < -0.39 is 99.2 Å². The van der Waals surface area contributed by atoms with E-state index in [1.165, 1.54) is 6.92 Å². The van der Waals surface area contributed by atoms with E-state index in [0.717, 1.165) is 0 Å². The number of aliphatic hydroxyl groups excluding tert-OH is 9. The van der Waals surface area contributed by atoms with Crippen molar-refractivity contribution in [1.82, 2.24) is 0 Å². The summed E-state index contributed by atoms with van der Waals surface area (Å²) < 4.78 is 26.8. The molecular formula is C17H30O14. The summed E-state index contributed by atoms with van der Waals surface area (Å²) in [6.07, 6.45) is -21.0. The fourth-order valence-electron chi connectivity index (χ4n) is 3.79. The molecule has 0 aromatic rings. The van der Waals surface area contributed by atoms with Gasteiger partial charge >= 0.3 is 0 Å². The van der Waals surface area contributed by atoms with Gasteiger partial charge in [0.1, 0.15) is 61.0 Å². The molecule has 182 valence electrons. The van der Waals surface area contributed by atoms with Crippen LogP contribution in [-0.2, 0) is 23.7 Å². The summed E-state index contributed by atoms with van der Waals surface area (Å²) in [7, 11) is 0. The fraction of sp³-hybridized carbons (Fsp3) is 1.00. The standard InChI is InChI=1S/C17H30O14/c1-4-7(20)9(22)11(24)16(27-4)30-13-6(3-19)28-15(26)12(25)14(13)31-17-10(23)8(21)5(2-18)29-17/h4-26H,2-3H2,1H3/t4-,5-,6+,7-,8-,9+,10+,11+,12+,13+,14+,15+,16-,17-/m0/s1. The summed E-state index contributed by atoms with van der Waals surface area (Å²) in [6.45, 7) is 0.0625. The van der Waals surface area contributed by atoms with E-state index in [9.17, 15) is 46.0 Å². The van der Waals surface area contributed by atoms with Crippen LogP contribution in [0.5, 0.6) is 0 Å². The van der Waals surface area contributed by atoms with Gasteiger partial charge in [-0.1, -0.05) is 0 Å². The van der Waals surface area contributed by atoms with Crippen LogP contribution in [0.3, 0.4) is 0 Å². The molecule has 0 amide bonds. The third-order valence-corrected chi connectivity index (χ3v) is 5.70. The van der Waals surface area contributed by atoms with Gasteiger partial charge < -0.3 is 69.6 Å². The lowest BCUT2D eigenvalue weighted by molar-refractivity contribution is -0.367. The van der Waals surface area contributed by atoms with Crippen LogP contribution in [0, 0.1) is 0 Å². The van der Waals surface area contributed by atoms with Crippen LogP contribution < -0.4 is 0 Å². The van der Waals surface area contributed by atoms with Crippen LogP contribution in [0.1, 0.15) is 6.92 Å². The SMILES string of the molecule is C[C@@H]1O[C@@H](O[C@H]2[C@H](O[C@@H]3O[C@@H](CO)[C@H](O)[C@H]3O)[C@@H](O)[C@H](O)O[C@@H]2CO)[C@H](O)[C@H](O)[C@H]1O. The Morgan fingerprint density at radius 1 is 0.581 bits per heavy atom. The molecule has 14 nitrogen and oxygen atoms in total. The van der Waals surface area contributed by atoms with Crippen molar-refractivity contribution < 1.29 is 69.6 Å². The zero-order chi connectivity index (χ0) is 23.0. The molecule has 3 aliphatic rings. The normalized spacial score (nSPS) is 53.6. The molecule has 0 saturated carbocycles. The lowest BCUT2D eigenvalue weighted by Gasteiger charge is -2.46. The first-order valence-corrected chi connectivity index (χ1v) is 9.86. The quantitative estimate of drug-likeness (QED) is 0.181. The molecule has 14 atom stereocenters. The molecule has 3 heterocycles. The first-order valence-electron chi connectivity index (χ1n) is 9.86. The van der Waals surface area contributed by atoms with Crippen LogP contribution in [0.4, 0.5) is 0 Å². The maximum atomic E-state index is 10.4. The van der Waals surface area contributed by atoms with Crippen LogP contribution >= 0.6 is 0 Å². The Morgan fingerprint density at radius 2 is 1.13 bits per heavy atom. The molecular weight excluding hydrogens is 428 g/mol. The lowest BCUT2D eigenvalue weighted by atomic mass is 9.97. The summed E-state index contributed by atoms with van der Waals surface area (Å²) in [5, 5.41) is 89.2. The second-order valence-electron chi connectivity index (χ2n) is 7.83. The molecule has 14 heteroatoms. The highest BCUT2D eigenvalue weighted by Crippen LogP contribution is 2.32. The maximum absolute atomic E-state index is 10.4. The fourth-order valence-corrected chi connectivity index (χ4v) is 3.79. The molecule has 3 fully saturated rings. The predicted octanol–water partition coefficient (Wildman–Crippen LogP) is -5.91. The Kier molecular flexibility index (Phi) is 8.21. The molecule has 0 aromatic carbocycles. The van der Waals surface area contributed by atoms with Crippen molar-refractivity contribution >= 4 is 0 Å². The van der Waals surface area contributed by atoms with Crippen molar-refractivity contribution in [3.8, 4) is 0 Å². The Morgan fingerprint density at radius 3 is 1.71 bits per heavy atom. The third-order valence-electron chi connectivity index (χ3n) is 5.70. The monoisotopic (exact) mass is 458 g/mol. The van der Waals surface area contributed by atoms with Gasteiger partial charge in [-0.3, -0.25) is 0 Å². The largest absolute Gasteiger partial charge is 0.394 e. The van der Waals surface area contributed by atoms with Gasteiger partial charge in [-0.15, -0.1) is 0 Å². The minimum Gasteiger partial charge on any atom is -0.394 e. The van der Waals surface area contributed by atoms with E-state index in [4.69, 9.17) is 23.7 Å². The average Bonchev–Trinajstić information content (AvgIpc) is 3.02. The van der Waals surface area contributed by atoms with Gasteiger partial charge in [0.2, 0.25) is 0 Å². The van der Waals surface area contributed by atoms with Crippen LogP contribution in [-0.4, -0.2) is 145 Å². The van der Waals surface area contributed by atoms with E-state index in [1.807, 2.05) is 0 Å². The maximum Gasteiger partial charge on any atom is 0.187 e. The first kappa shape index (κ1) is 25.1. The van der Waals surface area contributed by atoms with Gasteiger partial charge in [0.15, 0.2) is 18.9 Å². The van der Waals surface area contributed by atoms with Crippen LogP contribution in [0.15, 0.2) is 0 Å². The minimum atomic E-state index is -1.83. The molecule has 0 aliphatic carbocycles. The van der Waals surface area contributed by atoms with Crippen LogP contribution in [0.25, 0.3) is 0 Å². The molecule has 0 bridgehead atoms. The van der Waals surface area contributed by atoms with Crippen molar-refractivity contribution in [3.05, 3.63) is 0 Å². The molecule has 3 saturated heterocycles. The van der Waals surface area contributed by atoms with E-state index in [-0.39, 0.29) is 0 Å². The molecule has 0 spiro atoms. The average molecular weight is 458 g/mol. The predicted molar refractivity (Wildman–Crippen MR) is 93.8 cm³/mol. The topological polar surface area (TPSA) is 228 Å². The van der Waals surface area contributed by atoms with Crippen molar-refractivity contribution in [2.45, 2.75) is 92.9 Å². The number of hydrogen-bond donors (Lipinski definition) is 9. The summed E-state index contributed by atoms with van der Waals surface area (Å²) in [6, 6.07) is 0. The lowest BCUT2D eigenvalue weighted by Crippen LogP contribution is -2.65. The number of aliphatic hydroxyl groups is 9. The molecule has 0 unspecified atom stereocenters. The third kappa shape index (κ3) is 4.87. The minimum absolute atomic E-state index is 0.629. The van der Waals surface area contributed by atoms with Crippen molar-refractivity contribution in [3.63, 3.8) is 0 Å². The highest BCUT2D eigenvalue weighted by atomic mass is 16.8. The summed E-state index contributed by atoms with van der Waals surface area (Å²) in [5.41, 5.74) is 0. The van der Waals surface area contributed by atoms with E-state index in [1.54, 1.807) is 0 Å². The zero-order valence-corrected chi connectivity index (χ0v) is 16.6. The Balaban J connectivity index is 1.80. The summed E-state index contributed by atoms with van der Waals surface area (Å²) >= 11 is 0. The van der Waals surface area contributed by atoms with E-state index in [0.29, 0.717) is 0 Å². The van der Waals surface area contributed by atoms with Crippen LogP contribution in [0.2, 0.25) is 0 Å².